The summed E-state index contributed by atoms with van der Waals surface area (Å²) in [4.78, 5) is 5.03. The quantitative estimate of drug-likeness (QED) is 0.799. The number of anilines is 1. The number of hydrogen-bond acceptors (Lipinski definition) is 5. The first-order valence-electron chi connectivity index (χ1n) is 7.34. The molecule has 7 heteroatoms. The molecule has 0 saturated carbocycles. The highest BCUT2D eigenvalue weighted by Gasteiger charge is 2.29. The number of piperazine rings is 1. The minimum atomic E-state index is -3.42. The van der Waals surface area contributed by atoms with Gasteiger partial charge in [-0.3, -0.25) is 4.90 Å². The summed E-state index contributed by atoms with van der Waals surface area (Å²) in [7, 11) is -1.96. The van der Waals surface area contributed by atoms with Crippen molar-refractivity contribution in [2.24, 2.45) is 0 Å². The molecule has 6 nitrogen and oxygen atoms in total. The number of para-hydroxylation sites is 1. The van der Waals surface area contributed by atoms with Crippen molar-refractivity contribution in [3.05, 3.63) is 24.3 Å². The van der Waals surface area contributed by atoms with Crippen LogP contribution in [0.4, 0.5) is 5.69 Å². The second-order valence-corrected chi connectivity index (χ2v) is 7.37. The van der Waals surface area contributed by atoms with E-state index in [4.69, 9.17) is 0 Å². The molecule has 3 rings (SSSR count). The molecule has 2 aliphatic heterocycles. The molecular weight excluding hydrogens is 288 g/mol. The first kappa shape index (κ1) is 14.8. The fourth-order valence-corrected chi connectivity index (χ4v) is 3.87. The van der Waals surface area contributed by atoms with Crippen LogP contribution in [0.15, 0.2) is 29.2 Å². The lowest BCUT2D eigenvalue weighted by molar-refractivity contribution is 0.138. The molecule has 0 spiro atoms. The molecule has 0 atom stereocenters. The van der Waals surface area contributed by atoms with Gasteiger partial charge in [0.05, 0.1) is 5.69 Å². The van der Waals surface area contributed by atoms with Gasteiger partial charge in [0.25, 0.3) is 0 Å². The Balaban J connectivity index is 1.76. The standard InChI is InChI=1S/C14H22N4O2S/c1-15-21(19,20)14-5-3-2-4-13(14)18-8-6-17(7-9-18)12-10-16-11-12/h2-5,12,15-16H,6-11H2,1H3. The van der Waals surface area contributed by atoms with Crippen LogP contribution in [0.5, 0.6) is 0 Å². The van der Waals surface area contributed by atoms with Crippen molar-refractivity contribution in [2.75, 3.05) is 51.2 Å². The zero-order valence-corrected chi connectivity index (χ0v) is 13.1. The number of sulfonamides is 1. The summed E-state index contributed by atoms with van der Waals surface area (Å²) in [5.41, 5.74) is 0.804. The molecule has 2 aliphatic rings. The molecular formula is C14H22N4O2S. The third kappa shape index (κ3) is 2.91. The van der Waals surface area contributed by atoms with E-state index in [1.165, 1.54) is 7.05 Å². The molecule has 2 heterocycles. The smallest absolute Gasteiger partial charge is 0.242 e. The van der Waals surface area contributed by atoms with Crippen LogP contribution < -0.4 is 14.9 Å². The molecule has 0 amide bonds. The summed E-state index contributed by atoms with van der Waals surface area (Å²) in [6.07, 6.45) is 0. The van der Waals surface area contributed by atoms with E-state index in [1.807, 2.05) is 12.1 Å². The van der Waals surface area contributed by atoms with Gasteiger partial charge in [-0.25, -0.2) is 13.1 Å². The first-order chi connectivity index (χ1) is 10.1. The van der Waals surface area contributed by atoms with Crippen molar-refractivity contribution in [3.8, 4) is 0 Å². The second kappa shape index (κ2) is 5.92. The first-order valence-corrected chi connectivity index (χ1v) is 8.82. The minimum Gasteiger partial charge on any atom is -0.368 e. The highest BCUT2D eigenvalue weighted by atomic mass is 32.2. The maximum atomic E-state index is 12.1. The Labute approximate surface area is 126 Å². The van der Waals surface area contributed by atoms with E-state index in [0.717, 1.165) is 45.0 Å². The van der Waals surface area contributed by atoms with Gasteiger partial charge in [0.2, 0.25) is 10.0 Å². The van der Waals surface area contributed by atoms with Gasteiger partial charge in [-0.1, -0.05) is 12.1 Å². The van der Waals surface area contributed by atoms with E-state index in [2.05, 4.69) is 19.8 Å². The normalized spacial score (nSPS) is 21.3. The van der Waals surface area contributed by atoms with Crippen LogP contribution in [0.1, 0.15) is 0 Å². The van der Waals surface area contributed by atoms with E-state index in [0.29, 0.717) is 10.9 Å². The van der Waals surface area contributed by atoms with Gasteiger partial charge in [-0.05, 0) is 19.2 Å². The summed E-state index contributed by atoms with van der Waals surface area (Å²) < 4.78 is 26.7. The van der Waals surface area contributed by atoms with Gasteiger partial charge in [0.1, 0.15) is 4.90 Å². The van der Waals surface area contributed by atoms with Crippen molar-refractivity contribution in [3.63, 3.8) is 0 Å². The number of rotatable bonds is 4. The Morgan fingerprint density at radius 2 is 1.81 bits per heavy atom. The molecule has 2 fully saturated rings. The average Bonchev–Trinajstić information content (AvgIpc) is 2.46. The number of benzene rings is 1. The van der Waals surface area contributed by atoms with Crippen LogP contribution in [0.25, 0.3) is 0 Å². The zero-order chi connectivity index (χ0) is 14.9. The Bertz CT molecular complexity index is 593. The molecule has 2 saturated heterocycles. The molecule has 2 N–H and O–H groups in total. The van der Waals surface area contributed by atoms with Crippen LogP contribution >= 0.6 is 0 Å². The minimum absolute atomic E-state index is 0.367. The summed E-state index contributed by atoms with van der Waals surface area (Å²) in [5, 5.41) is 3.30. The Morgan fingerprint density at radius 1 is 1.14 bits per heavy atom. The summed E-state index contributed by atoms with van der Waals surface area (Å²) in [6, 6.07) is 7.88. The second-order valence-electron chi connectivity index (χ2n) is 5.51. The van der Waals surface area contributed by atoms with Gasteiger partial charge in [-0.2, -0.15) is 0 Å². The molecule has 0 unspecified atom stereocenters. The lowest BCUT2D eigenvalue weighted by atomic mass is 10.1. The van der Waals surface area contributed by atoms with E-state index >= 15 is 0 Å². The van der Waals surface area contributed by atoms with Crippen molar-refractivity contribution in [2.45, 2.75) is 10.9 Å². The third-order valence-corrected chi connectivity index (χ3v) is 5.82. The fourth-order valence-electron chi connectivity index (χ4n) is 2.92. The van der Waals surface area contributed by atoms with Gasteiger partial charge < -0.3 is 10.2 Å². The zero-order valence-electron chi connectivity index (χ0n) is 12.2. The van der Waals surface area contributed by atoms with Crippen LogP contribution in [0, 0.1) is 0 Å². The molecule has 0 aliphatic carbocycles. The van der Waals surface area contributed by atoms with Gasteiger partial charge in [0.15, 0.2) is 0 Å². The van der Waals surface area contributed by atoms with Crippen molar-refractivity contribution < 1.29 is 8.42 Å². The molecule has 116 valence electrons. The lowest BCUT2D eigenvalue weighted by Crippen LogP contribution is -2.61. The predicted octanol–water partition coefficient (Wildman–Crippen LogP) is -0.311. The predicted molar refractivity (Wildman–Crippen MR) is 83.1 cm³/mol. The SMILES string of the molecule is CNS(=O)(=O)c1ccccc1N1CCN(C2CNC2)CC1. The maximum Gasteiger partial charge on any atom is 0.242 e. The van der Waals surface area contributed by atoms with Crippen molar-refractivity contribution in [1.29, 1.82) is 0 Å². The van der Waals surface area contributed by atoms with Crippen LogP contribution in [-0.4, -0.2) is 65.7 Å². The fraction of sp³-hybridized carbons (Fsp3) is 0.571. The number of nitrogens with zero attached hydrogens (tertiary/aromatic N) is 2. The van der Waals surface area contributed by atoms with Gasteiger partial charge >= 0.3 is 0 Å². The van der Waals surface area contributed by atoms with E-state index in [1.54, 1.807) is 12.1 Å². The lowest BCUT2D eigenvalue weighted by Gasteiger charge is -2.44. The summed E-state index contributed by atoms with van der Waals surface area (Å²) in [6.45, 7) is 5.86. The Morgan fingerprint density at radius 3 is 2.38 bits per heavy atom. The molecule has 21 heavy (non-hydrogen) atoms. The number of hydrogen-bond donors (Lipinski definition) is 2. The van der Waals surface area contributed by atoms with E-state index < -0.39 is 10.0 Å². The third-order valence-electron chi connectivity index (χ3n) is 4.35. The van der Waals surface area contributed by atoms with Crippen LogP contribution in [0.3, 0.4) is 0 Å². The monoisotopic (exact) mass is 310 g/mol. The van der Waals surface area contributed by atoms with Gasteiger partial charge in [-0.15, -0.1) is 0 Å². The molecule has 0 bridgehead atoms. The highest BCUT2D eigenvalue weighted by Crippen LogP contribution is 2.26. The average molecular weight is 310 g/mol. The highest BCUT2D eigenvalue weighted by molar-refractivity contribution is 7.89. The van der Waals surface area contributed by atoms with Gasteiger partial charge in [0, 0.05) is 45.3 Å². The molecule has 0 aromatic heterocycles. The van der Waals surface area contributed by atoms with Crippen LogP contribution in [0.2, 0.25) is 0 Å². The largest absolute Gasteiger partial charge is 0.368 e. The van der Waals surface area contributed by atoms with Crippen LogP contribution in [-0.2, 0) is 10.0 Å². The Hall–Kier alpha value is -1.15. The summed E-state index contributed by atoms with van der Waals surface area (Å²) >= 11 is 0. The van der Waals surface area contributed by atoms with E-state index in [-0.39, 0.29) is 0 Å². The maximum absolute atomic E-state index is 12.1. The van der Waals surface area contributed by atoms with Crippen molar-refractivity contribution >= 4 is 15.7 Å². The molecule has 1 aromatic rings. The molecule has 1 aromatic carbocycles. The number of nitrogens with one attached hydrogen (secondary N) is 2. The van der Waals surface area contributed by atoms with Crippen molar-refractivity contribution in [1.82, 2.24) is 14.9 Å². The van der Waals surface area contributed by atoms with E-state index in [9.17, 15) is 8.42 Å². The summed E-state index contributed by atoms with van der Waals surface area (Å²) in [5.74, 6) is 0. The Kier molecular flexibility index (Phi) is 4.17. The molecule has 0 radical (unpaired) electrons. The topological polar surface area (TPSA) is 64.7 Å².